The molecule has 0 aromatic heterocycles. The molecule has 0 bridgehead atoms. The Kier molecular flexibility index (Phi) is 27.7. The molecular formula is C84H60N2Na6O15S3. The molecule has 0 unspecified atom stereocenters. The quantitative estimate of drug-likeness (QED) is 0.0295. The van der Waals surface area contributed by atoms with Gasteiger partial charge in [0.25, 0.3) is 23.6 Å². The van der Waals surface area contributed by atoms with Crippen LogP contribution >= 0.6 is 0 Å². The number of anilines is 2. The summed E-state index contributed by atoms with van der Waals surface area (Å²) >= 11 is 0. The number of carbonyl (C=O) groups is 4. The van der Waals surface area contributed by atoms with Crippen molar-refractivity contribution in [3.05, 3.63) is 257 Å². The van der Waals surface area contributed by atoms with Gasteiger partial charge in [0.15, 0.2) is 0 Å². The molecule has 110 heavy (non-hydrogen) atoms. The van der Waals surface area contributed by atoms with Crippen molar-refractivity contribution in [2.75, 3.05) is 9.80 Å². The van der Waals surface area contributed by atoms with E-state index >= 15 is 19.2 Å². The van der Waals surface area contributed by atoms with Gasteiger partial charge in [-0.1, -0.05) is 128 Å². The minimum Gasteiger partial charge on any atom is -0.744 e. The second-order valence-electron chi connectivity index (χ2n) is 27.1. The van der Waals surface area contributed by atoms with Crippen LogP contribution in [0.15, 0.2) is 209 Å². The predicted octanol–water partition coefficient (Wildman–Crippen LogP) is 0.221. The monoisotopic (exact) mass is 1570 g/mol. The molecule has 0 saturated heterocycles. The molecule has 0 aliphatic carbocycles. The van der Waals surface area contributed by atoms with Gasteiger partial charge < -0.3 is 23.1 Å². The van der Waals surface area contributed by atoms with Gasteiger partial charge in [-0.3, -0.25) is 19.2 Å². The van der Waals surface area contributed by atoms with Gasteiger partial charge in [-0.2, -0.15) is 90.0 Å². The third kappa shape index (κ3) is 15.7. The topological polar surface area (TPSA) is 265 Å². The maximum absolute atomic E-state index is 16.5. The first-order valence-electron chi connectivity index (χ1n) is 33.4. The largest absolute Gasteiger partial charge is 1.00 e. The van der Waals surface area contributed by atoms with Crippen LogP contribution in [0.25, 0.3) is 87.6 Å². The Morgan fingerprint density at radius 3 is 0.927 bits per heavy atom. The number of hydrogen-bond donors (Lipinski definition) is 0. The summed E-state index contributed by atoms with van der Waals surface area (Å²) in [7, 11) is -15.6. The van der Waals surface area contributed by atoms with Crippen molar-refractivity contribution in [2.45, 2.75) is 93.7 Å². The van der Waals surface area contributed by atoms with Crippen LogP contribution in [0.3, 0.4) is 0 Å². The number of carbonyl (C=O) groups excluding carboxylic acids is 4. The number of rotatable bonds is 17. The minimum atomic E-state index is -5.45. The van der Waals surface area contributed by atoms with Gasteiger partial charge in [-0.25, -0.2) is 35.1 Å². The minimum absolute atomic E-state index is 0. The molecule has 17 nitrogen and oxygen atoms in total. The van der Waals surface area contributed by atoms with Crippen molar-refractivity contribution in [1.82, 2.24) is 0 Å². The number of amides is 4. The molecule has 520 valence electrons. The maximum Gasteiger partial charge on any atom is 1.00 e. The molecule has 26 heteroatoms. The Morgan fingerprint density at radius 2 is 0.618 bits per heavy atom. The normalized spacial score (nSPS) is 12.8. The van der Waals surface area contributed by atoms with E-state index in [0.717, 1.165) is 52.4 Å². The zero-order chi connectivity index (χ0) is 73.5. The van der Waals surface area contributed by atoms with Crippen LogP contribution in [-0.2, 0) is 30.4 Å². The molecule has 15 rings (SSSR count). The average Bonchev–Trinajstić information content (AvgIpc) is 0.677. The molecule has 0 atom stereocenters. The van der Waals surface area contributed by atoms with Gasteiger partial charge in [0.05, 0.1) is 37.2 Å². The first-order valence-corrected chi connectivity index (χ1v) is 37.6. The Hall–Kier alpha value is -5.23. The molecule has 4 amide bonds. The van der Waals surface area contributed by atoms with Gasteiger partial charge >= 0.3 is 177 Å². The fourth-order valence-corrected chi connectivity index (χ4v) is 16.2. The molecule has 13 aromatic rings. The summed E-state index contributed by atoms with van der Waals surface area (Å²) in [6, 6.07) is 59.1. The van der Waals surface area contributed by atoms with Gasteiger partial charge in [-0.05, 0) is 128 Å². The Labute approximate surface area is 770 Å². The predicted molar refractivity (Wildman–Crippen MR) is 394 cm³/mol. The number of nitrogens with zero attached hydrogens (tertiary/aromatic N) is 2. The first-order chi connectivity index (χ1) is 49.5. The van der Waals surface area contributed by atoms with Crippen molar-refractivity contribution in [1.29, 1.82) is 0 Å². The second kappa shape index (κ2) is 34.3. The van der Waals surface area contributed by atoms with Crippen LogP contribution in [0, 0.1) is 18.2 Å². The van der Waals surface area contributed by atoms with Crippen LogP contribution in [-0.4, -0.2) is 62.5 Å². The number of para-hydroxylation sites is 2. The molecule has 0 spiro atoms. The smallest absolute Gasteiger partial charge is 0.744 e. The Balaban J connectivity index is 0.00000232. The van der Waals surface area contributed by atoms with E-state index in [1.54, 1.807) is 66.7 Å². The zero-order valence-electron chi connectivity index (χ0n) is 63.0. The van der Waals surface area contributed by atoms with E-state index < -0.39 is 68.7 Å². The molecular weight excluding hydrogens is 1510 g/mol. The number of fused-ring (bicyclic) bond motifs is 2. The second-order valence-corrected chi connectivity index (χ2v) is 31.3. The first kappa shape index (κ1) is 88.7. The van der Waals surface area contributed by atoms with E-state index in [1.807, 2.05) is 116 Å². The number of imide groups is 2. The fourth-order valence-electron chi connectivity index (χ4n) is 14.8. The third-order valence-corrected chi connectivity index (χ3v) is 22.1. The van der Waals surface area contributed by atoms with Crippen molar-refractivity contribution in [2.24, 2.45) is 0 Å². The molecule has 2 aliphatic rings. The number of hydrogen-bond acceptors (Lipinski definition) is 15. The summed E-state index contributed by atoms with van der Waals surface area (Å²) in [5.74, 6) is -3.67. The van der Waals surface area contributed by atoms with E-state index in [4.69, 9.17) is 9.47 Å². The van der Waals surface area contributed by atoms with Gasteiger partial charge in [0.2, 0.25) is 0 Å². The van der Waals surface area contributed by atoms with Crippen LogP contribution in [0.2, 0.25) is 0 Å². The maximum atomic E-state index is 16.5. The summed E-state index contributed by atoms with van der Waals surface area (Å²) in [5.41, 5.74) is 5.88. The number of benzene rings is 13. The van der Waals surface area contributed by atoms with E-state index in [0.29, 0.717) is 61.3 Å². The van der Waals surface area contributed by atoms with Gasteiger partial charge in [0.1, 0.15) is 47.6 Å². The van der Waals surface area contributed by atoms with Gasteiger partial charge in [-0.15, -0.1) is 11.1 Å². The fraction of sp³-hybridized carbons (Fsp3) is 0.143. The summed E-state index contributed by atoms with van der Waals surface area (Å²) in [6.07, 6.45) is 0. The summed E-state index contributed by atoms with van der Waals surface area (Å²) in [6.45, 7) is 15.7. The van der Waals surface area contributed by atoms with E-state index in [9.17, 15) is 38.9 Å². The van der Waals surface area contributed by atoms with E-state index in [2.05, 4.69) is 18.2 Å². The zero-order valence-corrected chi connectivity index (χ0v) is 77.5. The summed E-state index contributed by atoms with van der Waals surface area (Å²) < 4.78 is 131. The van der Waals surface area contributed by atoms with Gasteiger partial charge in [0, 0.05) is 60.3 Å². The van der Waals surface area contributed by atoms with Crippen molar-refractivity contribution < 1.29 is 245 Å². The van der Waals surface area contributed by atoms with E-state index in [-0.39, 0.29) is 295 Å². The van der Waals surface area contributed by atoms with Crippen molar-refractivity contribution in [3.8, 4) is 67.5 Å². The molecule has 0 fully saturated rings. The van der Waals surface area contributed by atoms with Crippen LogP contribution in [0.1, 0.15) is 143 Å². The Morgan fingerprint density at radius 1 is 0.318 bits per heavy atom. The van der Waals surface area contributed by atoms with Crippen LogP contribution in [0.5, 0.6) is 23.0 Å². The van der Waals surface area contributed by atoms with Crippen LogP contribution < -0.4 is 197 Å². The van der Waals surface area contributed by atoms with Crippen LogP contribution in [0.4, 0.5) is 11.4 Å². The average molecular weight is 1570 g/mol. The van der Waals surface area contributed by atoms with Crippen molar-refractivity contribution in [3.63, 3.8) is 0 Å². The van der Waals surface area contributed by atoms with E-state index in [1.165, 1.54) is 35.2 Å². The van der Waals surface area contributed by atoms with Crippen molar-refractivity contribution >= 4 is 108 Å². The summed E-state index contributed by atoms with van der Waals surface area (Å²) in [4.78, 5) is 65.4. The molecule has 2 aliphatic heterocycles. The molecule has 0 saturated carbocycles. The SMILES string of the molecule is CC(C)c1cccc(C(C)C)c1N1C(=O)c2ccc3c4c(Oc5c(-c6ccc(S(=O)(=O)[O-])cc6)cc(S(=O)(=O)[O-])cc5-c5ccc(S(=O)(=O)[O-])cc5)cc5c6c(ccc(c7c(Oc8c(-c9cc[c-]cc9)c[c-]cc8-c8cc[c-]cc8)cc(c2c37)C1=O)c64)C(=O)N(c1c(C(C)C)cccc1C(C)C)C5=O.[Na+].[Na+].[Na+].[Na+].[Na+].[Na+]. The Bertz CT molecular complexity index is 6040. The third-order valence-electron chi connectivity index (χ3n) is 19.6. The standard InChI is InChI=1S/C84H63N2O15S3.6Na/c1-44(2)55-22-15-23-56(45(3)4)77(55)85-81(87)63-39-37-62-74-70(101-80-65(50-28-32-52(33-29-50)102(91,92)93)40-54(104(97,98)99)41-66(80)51-30-34-53(35-31-51)103(94,95)96)43-68-72-64(82(88)86(84(68)90)78-57(46(5)6)24-16-25-58(78)47(7)8)38-36-61(76(72)74)73-69(42-67(83(85)89)71(63)75(62)73)100-79-59(48-18-11-9-12-19-48)26-17-27-60(79)49-20-13-10-14-21-49;;;;;;/h11-16,18-47H,1-8H3,(H,91,92,93)(H,94,95,96)(H,97,98,99);;;;;;/q-3;6*+1/p-3. The molecule has 2 heterocycles. The summed E-state index contributed by atoms with van der Waals surface area (Å²) in [5, 5.41) is 1.94. The molecule has 13 aromatic carbocycles. The molecule has 0 radical (unpaired) electrons. The molecule has 0 N–H and O–H groups in total. The number of ether oxygens (including phenoxy) is 2.